The molecule has 1 aromatic heterocycles. The molecule has 2 heterocycles. The number of benzene rings is 1. The lowest BCUT2D eigenvalue weighted by Gasteiger charge is -2.21. The standard InChI is InChI=1S/C20H27N5O2S/c1-3-21-19(27)16-6-4-7-17(12-16)23-18(26)13-24-8-5-9-25(11-10-24)20-22-15(2)14-28-20/h4,6-7,12,14H,3,5,8-11,13H2,1-2H3,(H,21,27)(H,23,26). The van der Waals surface area contributed by atoms with Crippen molar-refractivity contribution < 1.29 is 9.59 Å². The van der Waals surface area contributed by atoms with E-state index in [0.29, 0.717) is 24.3 Å². The third-order valence-electron chi connectivity index (χ3n) is 4.58. The highest BCUT2D eigenvalue weighted by molar-refractivity contribution is 7.13. The minimum Gasteiger partial charge on any atom is -0.352 e. The number of hydrogen-bond donors (Lipinski definition) is 2. The van der Waals surface area contributed by atoms with Crippen LogP contribution in [0.15, 0.2) is 29.6 Å². The third kappa shape index (κ3) is 5.53. The fourth-order valence-corrected chi connectivity index (χ4v) is 4.07. The molecule has 0 atom stereocenters. The lowest BCUT2D eigenvalue weighted by atomic mass is 10.2. The molecule has 8 heteroatoms. The van der Waals surface area contributed by atoms with Crippen LogP contribution in [-0.4, -0.2) is 61.0 Å². The van der Waals surface area contributed by atoms with Gasteiger partial charge < -0.3 is 15.5 Å². The first-order valence-electron chi connectivity index (χ1n) is 9.62. The fraction of sp³-hybridized carbons (Fsp3) is 0.450. The summed E-state index contributed by atoms with van der Waals surface area (Å²) in [6.45, 7) is 8.33. The predicted octanol–water partition coefficient (Wildman–Crippen LogP) is 2.35. The van der Waals surface area contributed by atoms with Crippen molar-refractivity contribution in [1.82, 2.24) is 15.2 Å². The molecule has 2 aromatic rings. The van der Waals surface area contributed by atoms with Gasteiger partial charge in [0.05, 0.1) is 12.2 Å². The summed E-state index contributed by atoms with van der Waals surface area (Å²) in [5, 5.41) is 8.80. The minimum absolute atomic E-state index is 0.0633. The van der Waals surface area contributed by atoms with Crippen LogP contribution in [0.25, 0.3) is 0 Å². The molecule has 0 aliphatic carbocycles. The first kappa shape index (κ1) is 20.3. The molecule has 3 rings (SSSR count). The van der Waals surface area contributed by atoms with Gasteiger partial charge in [-0.25, -0.2) is 4.98 Å². The summed E-state index contributed by atoms with van der Waals surface area (Å²) >= 11 is 1.67. The second-order valence-corrected chi connectivity index (χ2v) is 7.71. The Morgan fingerprint density at radius 1 is 1.21 bits per heavy atom. The number of carbonyl (C=O) groups excluding carboxylic acids is 2. The number of thiazole rings is 1. The summed E-state index contributed by atoms with van der Waals surface area (Å²) in [6, 6.07) is 7.03. The second-order valence-electron chi connectivity index (χ2n) is 6.88. The lowest BCUT2D eigenvalue weighted by Crippen LogP contribution is -2.36. The van der Waals surface area contributed by atoms with Crippen molar-refractivity contribution >= 4 is 34.0 Å². The maximum absolute atomic E-state index is 12.5. The molecule has 0 radical (unpaired) electrons. The van der Waals surface area contributed by atoms with Crippen molar-refractivity contribution in [2.75, 3.05) is 49.5 Å². The minimum atomic E-state index is -0.136. The van der Waals surface area contributed by atoms with Crippen molar-refractivity contribution in [3.8, 4) is 0 Å². The average Bonchev–Trinajstić information content (AvgIpc) is 2.97. The van der Waals surface area contributed by atoms with E-state index in [2.05, 4.69) is 30.8 Å². The number of anilines is 2. The van der Waals surface area contributed by atoms with Crippen molar-refractivity contribution in [2.24, 2.45) is 0 Å². The highest BCUT2D eigenvalue weighted by Gasteiger charge is 2.19. The Labute approximate surface area is 169 Å². The van der Waals surface area contributed by atoms with Gasteiger partial charge in [-0.2, -0.15) is 0 Å². The summed E-state index contributed by atoms with van der Waals surface area (Å²) in [4.78, 5) is 33.5. The highest BCUT2D eigenvalue weighted by Crippen LogP contribution is 2.21. The second kappa shape index (κ2) is 9.66. The molecule has 7 nitrogen and oxygen atoms in total. The fourth-order valence-electron chi connectivity index (χ4n) is 3.21. The van der Waals surface area contributed by atoms with Gasteiger partial charge in [-0.15, -0.1) is 11.3 Å². The van der Waals surface area contributed by atoms with Gasteiger partial charge in [0.1, 0.15) is 0 Å². The quantitative estimate of drug-likeness (QED) is 0.777. The molecule has 0 unspecified atom stereocenters. The topological polar surface area (TPSA) is 77.6 Å². The number of nitrogens with zero attached hydrogens (tertiary/aromatic N) is 3. The zero-order chi connectivity index (χ0) is 19.9. The number of aromatic nitrogens is 1. The van der Waals surface area contributed by atoms with Crippen molar-refractivity contribution in [3.05, 3.63) is 40.9 Å². The van der Waals surface area contributed by atoms with Gasteiger partial charge in [0, 0.05) is 49.4 Å². The van der Waals surface area contributed by atoms with Gasteiger partial charge >= 0.3 is 0 Å². The number of rotatable bonds is 6. The van der Waals surface area contributed by atoms with Crippen LogP contribution < -0.4 is 15.5 Å². The van der Waals surface area contributed by atoms with Gasteiger partial charge in [0.15, 0.2) is 5.13 Å². The normalized spacial score (nSPS) is 15.1. The lowest BCUT2D eigenvalue weighted by molar-refractivity contribution is -0.117. The summed E-state index contributed by atoms with van der Waals surface area (Å²) in [5.41, 5.74) is 2.24. The molecule has 1 aromatic carbocycles. The Morgan fingerprint density at radius 2 is 2.07 bits per heavy atom. The molecule has 150 valence electrons. The molecule has 28 heavy (non-hydrogen) atoms. The summed E-state index contributed by atoms with van der Waals surface area (Å²) in [7, 11) is 0. The monoisotopic (exact) mass is 401 g/mol. The third-order valence-corrected chi connectivity index (χ3v) is 5.60. The SMILES string of the molecule is CCNC(=O)c1cccc(NC(=O)CN2CCCN(c3nc(C)cs3)CC2)c1. The summed E-state index contributed by atoms with van der Waals surface area (Å²) in [5.74, 6) is -0.199. The Morgan fingerprint density at radius 3 is 2.82 bits per heavy atom. The van der Waals surface area contributed by atoms with E-state index in [4.69, 9.17) is 0 Å². The molecule has 1 aliphatic heterocycles. The first-order chi connectivity index (χ1) is 13.5. The van der Waals surface area contributed by atoms with Gasteiger partial charge in [0.2, 0.25) is 5.91 Å². The maximum Gasteiger partial charge on any atom is 0.251 e. The zero-order valence-electron chi connectivity index (χ0n) is 16.4. The molecular formula is C20H27N5O2S. The average molecular weight is 402 g/mol. The van der Waals surface area contributed by atoms with Gasteiger partial charge in [-0.1, -0.05) is 6.07 Å². The van der Waals surface area contributed by atoms with Crippen LogP contribution in [-0.2, 0) is 4.79 Å². The Bertz CT molecular complexity index is 822. The van der Waals surface area contributed by atoms with Gasteiger partial charge in [0.25, 0.3) is 5.91 Å². The number of amides is 2. The molecule has 2 N–H and O–H groups in total. The Balaban J connectivity index is 1.52. The highest BCUT2D eigenvalue weighted by atomic mass is 32.1. The number of nitrogens with one attached hydrogen (secondary N) is 2. The number of carbonyl (C=O) groups is 2. The van der Waals surface area contributed by atoms with E-state index in [1.807, 2.05) is 13.8 Å². The largest absolute Gasteiger partial charge is 0.352 e. The van der Waals surface area contributed by atoms with Crippen LogP contribution in [0.2, 0.25) is 0 Å². The molecule has 1 fully saturated rings. The number of aryl methyl sites for hydroxylation is 1. The van der Waals surface area contributed by atoms with E-state index in [1.54, 1.807) is 35.6 Å². The molecular weight excluding hydrogens is 374 g/mol. The van der Waals surface area contributed by atoms with E-state index >= 15 is 0 Å². The van der Waals surface area contributed by atoms with Crippen LogP contribution in [0.4, 0.5) is 10.8 Å². The van der Waals surface area contributed by atoms with Crippen LogP contribution >= 0.6 is 11.3 Å². The molecule has 1 aliphatic rings. The molecule has 0 saturated carbocycles. The molecule has 0 bridgehead atoms. The predicted molar refractivity (Wildman–Crippen MR) is 113 cm³/mol. The zero-order valence-corrected chi connectivity index (χ0v) is 17.2. The summed E-state index contributed by atoms with van der Waals surface area (Å²) < 4.78 is 0. The van der Waals surface area contributed by atoms with E-state index in [-0.39, 0.29) is 11.8 Å². The molecule has 0 spiro atoms. The van der Waals surface area contributed by atoms with Crippen molar-refractivity contribution in [2.45, 2.75) is 20.3 Å². The van der Waals surface area contributed by atoms with Crippen molar-refractivity contribution in [1.29, 1.82) is 0 Å². The van der Waals surface area contributed by atoms with E-state index in [0.717, 1.165) is 43.4 Å². The first-order valence-corrected chi connectivity index (χ1v) is 10.5. The summed E-state index contributed by atoms with van der Waals surface area (Å²) in [6.07, 6.45) is 0.999. The van der Waals surface area contributed by atoms with Gasteiger partial charge in [-0.05, 0) is 38.5 Å². The smallest absolute Gasteiger partial charge is 0.251 e. The Kier molecular flexibility index (Phi) is 7.00. The van der Waals surface area contributed by atoms with E-state index < -0.39 is 0 Å². The van der Waals surface area contributed by atoms with E-state index in [1.165, 1.54) is 0 Å². The molecule has 2 amide bonds. The van der Waals surface area contributed by atoms with Crippen LogP contribution in [0.3, 0.4) is 0 Å². The molecule has 1 saturated heterocycles. The van der Waals surface area contributed by atoms with Gasteiger partial charge in [-0.3, -0.25) is 14.5 Å². The van der Waals surface area contributed by atoms with Crippen LogP contribution in [0.1, 0.15) is 29.4 Å². The van der Waals surface area contributed by atoms with Crippen LogP contribution in [0, 0.1) is 6.92 Å². The number of hydrogen-bond acceptors (Lipinski definition) is 6. The van der Waals surface area contributed by atoms with Crippen molar-refractivity contribution in [3.63, 3.8) is 0 Å². The van der Waals surface area contributed by atoms with E-state index in [9.17, 15) is 9.59 Å². The van der Waals surface area contributed by atoms with Crippen LogP contribution in [0.5, 0.6) is 0 Å². The maximum atomic E-state index is 12.5. The Hall–Kier alpha value is -2.45.